The van der Waals surface area contributed by atoms with Gasteiger partial charge in [0.1, 0.15) is 0 Å². The summed E-state index contributed by atoms with van der Waals surface area (Å²) in [6, 6.07) is 21.1. The lowest BCUT2D eigenvalue weighted by atomic mass is 9.93. The molecular weight excluding hydrogens is 370 g/mol. The molecule has 0 unspecified atom stereocenters. The summed E-state index contributed by atoms with van der Waals surface area (Å²) in [5.41, 5.74) is 5.59. The second kappa shape index (κ2) is 8.54. The van der Waals surface area contributed by atoms with Gasteiger partial charge in [0, 0.05) is 61.0 Å². The molecule has 0 radical (unpaired) electrons. The van der Waals surface area contributed by atoms with E-state index in [1.165, 1.54) is 27.7 Å². The number of hydrogen-bond donors (Lipinski definition) is 1. The van der Waals surface area contributed by atoms with Gasteiger partial charge in [-0.1, -0.05) is 48.5 Å². The minimum Gasteiger partial charge on any atom is -0.380 e. The van der Waals surface area contributed by atoms with Crippen molar-refractivity contribution in [3.8, 4) is 0 Å². The zero-order valence-electron chi connectivity index (χ0n) is 18.2. The highest BCUT2D eigenvalue weighted by atomic mass is 16.5. The maximum Gasteiger partial charge on any atom is 0.0619 e. The summed E-state index contributed by atoms with van der Waals surface area (Å²) < 4.78 is 6.08. The Bertz CT molecular complexity index is 982. The Hall–Kier alpha value is -2.14. The Morgan fingerprint density at radius 1 is 1.00 bits per heavy atom. The lowest BCUT2D eigenvalue weighted by molar-refractivity contribution is -0.000355. The highest BCUT2D eigenvalue weighted by Gasteiger charge is 2.34. The number of para-hydroxylation sites is 1. The molecule has 0 amide bonds. The minimum absolute atomic E-state index is 0.407. The third-order valence-electron chi connectivity index (χ3n) is 7.05. The first-order valence-corrected chi connectivity index (χ1v) is 11.4. The van der Waals surface area contributed by atoms with Crippen LogP contribution >= 0.6 is 0 Å². The standard InChI is InChI=1S/C26H33N3O/c1-19-12-13-30-18-20(2)28(15-21-8-4-3-5-9-21)16-22-14-24-23-10-6-7-11-25(23)27-26(24)17-29(19)22/h3-11,19-20,22,27H,12-18H2,1-2H3/t19-,20-,22-/m0/s1. The van der Waals surface area contributed by atoms with Crippen molar-refractivity contribution in [1.29, 1.82) is 0 Å². The molecule has 1 fully saturated rings. The number of ether oxygens (including phenoxy) is 1. The molecule has 1 N–H and O–H groups in total. The Kier molecular flexibility index (Phi) is 5.64. The Labute approximate surface area is 179 Å². The molecule has 3 heterocycles. The molecule has 5 rings (SSSR count). The van der Waals surface area contributed by atoms with Gasteiger partial charge in [0.15, 0.2) is 0 Å². The summed E-state index contributed by atoms with van der Waals surface area (Å²) in [5, 5.41) is 1.41. The van der Waals surface area contributed by atoms with Crippen LogP contribution in [0.3, 0.4) is 0 Å². The van der Waals surface area contributed by atoms with Crippen molar-refractivity contribution in [1.82, 2.24) is 14.8 Å². The maximum atomic E-state index is 6.08. The van der Waals surface area contributed by atoms with Crippen LogP contribution in [-0.2, 0) is 24.2 Å². The van der Waals surface area contributed by atoms with Crippen molar-refractivity contribution in [3.63, 3.8) is 0 Å². The minimum atomic E-state index is 0.407. The summed E-state index contributed by atoms with van der Waals surface area (Å²) >= 11 is 0. The number of fused-ring (bicyclic) bond motifs is 4. The Morgan fingerprint density at radius 2 is 1.80 bits per heavy atom. The normalized spacial score (nSPS) is 26.3. The van der Waals surface area contributed by atoms with Gasteiger partial charge >= 0.3 is 0 Å². The summed E-state index contributed by atoms with van der Waals surface area (Å²) in [7, 11) is 0. The molecule has 3 atom stereocenters. The largest absolute Gasteiger partial charge is 0.380 e. The van der Waals surface area contributed by atoms with Gasteiger partial charge in [-0.3, -0.25) is 9.80 Å². The van der Waals surface area contributed by atoms with Crippen molar-refractivity contribution in [2.75, 3.05) is 19.8 Å². The van der Waals surface area contributed by atoms with E-state index in [-0.39, 0.29) is 0 Å². The first-order chi connectivity index (χ1) is 14.7. The number of hydrogen-bond acceptors (Lipinski definition) is 3. The number of rotatable bonds is 2. The molecule has 0 saturated carbocycles. The van der Waals surface area contributed by atoms with Crippen molar-refractivity contribution >= 4 is 10.9 Å². The van der Waals surface area contributed by atoms with Crippen LogP contribution < -0.4 is 0 Å². The fourth-order valence-corrected chi connectivity index (χ4v) is 5.24. The smallest absolute Gasteiger partial charge is 0.0619 e. The van der Waals surface area contributed by atoms with Crippen LogP contribution in [0.15, 0.2) is 54.6 Å². The van der Waals surface area contributed by atoms with E-state index >= 15 is 0 Å². The molecule has 4 nitrogen and oxygen atoms in total. The fraction of sp³-hybridized carbons (Fsp3) is 0.462. The number of aromatic amines is 1. The summed E-state index contributed by atoms with van der Waals surface area (Å²) in [6.07, 6.45) is 2.21. The van der Waals surface area contributed by atoms with Gasteiger partial charge in [-0.25, -0.2) is 0 Å². The molecule has 2 aliphatic heterocycles. The van der Waals surface area contributed by atoms with E-state index in [0.29, 0.717) is 18.1 Å². The van der Waals surface area contributed by atoms with Crippen molar-refractivity contribution in [2.45, 2.75) is 57.9 Å². The van der Waals surface area contributed by atoms with Crippen LogP contribution in [-0.4, -0.2) is 52.7 Å². The zero-order chi connectivity index (χ0) is 20.5. The molecule has 4 heteroatoms. The lowest BCUT2D eigenvalue weighted by Gasteiger charge is -2.44. The monoisotopic (exact) mass is 403 g/mol. The molecule has 0 aliphatic carbocycles. The van der Waals surface area contributed by atoms with Gasteiger partial charge < -0.3 is 9.72 Å². The van der Waals surface area contributed by atoms with Crippen molar-refractivity contribution in [2.24, 2.45) is 0 Å². The van der Waals surface area contributed by atoms with E-state index in [1.54, 1.807) is 0 Å². The molecule has 0 spiro atoms. The predicted molar refractivity (Wildman–Crippen MR) is 123 cm³/mol. The quantitative estimate of drug-likeness (QED) is 0.679. The van der Waals surface area contributed by atoms with Gasteiger partial charge in [0.05, 0.1) is 6.61 Å². The van der Waals surface area contributed by atoms with Crippen molar-refractivity contribution in [3.05, 3.63) is 71.4 Å². The molecule has 0 bridgehead atoms. The van der Waals surface area contributed by atoms with Crippen LogP contribution in [0.25, 0.3) is 10.9 Å². The van der Waals surface area contributed by atoms with Gasteiger partial charge in [0.25, 0.3) is 0 Å². The molecule has 1 saturated heterocycles. The first-order valence-electron chi connectivity index (χ1n) is 11.4. The zero-order valence-corrected chi connectivity index (χ0v) is 18.2. The van der Waals surface area contributed by atoms with E-state index in [4.69, 9.17) is 4.74 Å². The van der Waals surface area contributed by atoms with E-state index in [0.717, 1.165) is 45.7 Å². The number of aromatic nitrogens is 1. The number of H-pyrrole nitrogens is 1. The summed E-state index contributed by atoms with van der Waals surface area (Å²) in [6.45, 7) is 9.39. The Balaban J connectivity index is 1.47. The average Bonchev–Trinajstić information content (AvgIpc) is 3.13. The van der Waals surface area contributed by atoms with Crippen molar-refractivity contribution < 1.29 is 4.74 Å². The first kappa shape index (κ1) is 19.8. The van der Waals surface area contributed by atoms with Gasteiger partial charge in [-0.2, -0.15) is 0 Å². The number of benzene rings is 2. The fourth-order valence-electron chi connectivity index (χ4n) is 5.24. The maximum absolute atomic E-state index is 6.08. The third kappa shape index (κ3) is 3.92. The molecule has 1 aromatic heterocycles. The topological polar surface area (TPSA) is 31.5 Å². The SMILES string of the molecule is C[C@H]1COCC[C@H](C)N2Cc3[nH]c4ccccc4c3C[C@H]2CN1Cc1ccccc1. The second-order valence-corrected chi connectivity index (χ2v) is 9.13. The van der Waals surface area contributed by atoms with E-state index < -0.39 is 0 Å². The summed E-state index contributed by atoms with van der Waals surface area (Å²) in [4.78, 5) is 9.06. The molecule has 2 aliphatic rings. The molecule has 30 heavy (non-hydrogen) atoms. The predicted octanol–water partition coefficient (Wildman–Crippen LogP) is 4.59. The number of nitrogens with zero attached hydrogens (tertiary/aromatic N) is 2. The number of nitrogens with one attached hydrogen (secondary N) is 1. The van der Waals surface area contributed by atoms with Crippen LogP contribution in [0.2, 0.25) is 0 Å². The van der Waals surface area contributed by atoms with Crippen LogP contribution in [0.4, 0.5) is 0 Å². The molecular formula is C26H33N3O. The van der Waals surface area contributed by atoms with Gasteiger partial charge in [-0.05, 0) is 43.9 Å². The second-order valence-electron chi connectivity index (χ2n) is 9.13. The van der Waals surface area contributed by atoms with Gasteiger partial charge in [0.2, 0.25) is 0 Å². The lowest BCUT2D eigenvalue weighted by Crippen LogP contribution is -2.53. The van der Waals surface area contributed by atoms with Crippen LogP contribution in [0.1, 0.15) is 37.1 Å². The van der Waals surface area contributed by atoms with Crippen LogP contribution in [0.5, 0.6) is 0 Å². The average molecular weight is 404 g/mol. The molecule has 158 valence electrons. The van der Waals surface area contributed by atoms with E-state index in [1.807, 2.05) is 0 Å². The third-order valence-corrected chi connectivity index (χ3v) is 7.05. The van der Waals surface area contributed by atoms with Gasteiger partial charge in [-0.15, -0.1) is 0 Å². The highest BCUT2D eigenvalue weighted by Crippen LogP contribution is 2.32. The molecule has 3 aromatic rings. The Morgan fingerprint density at radius 3 is 2.67 bits per heavy atom. The molecule has 2 aromatic carbocycles. The summed E-state index contributed by atoms with van der Waals surface area (Å²) in [5.74, 6) is 0. The van der Waals surface area contributed by atoms with E-state index in [9.17, 15) is 0 Å². The highest BCUT2D eigenvalue weighted by molar-refractivity contribution is 5.84. The van der Waals surface area contributed by atoms with E-state index in [2.05, 4.69) is 83.2 Å². The van der Waals surface area contributed by atoms with Crippen LogP contribution in [0, 0.1) is 0 Å².